The van der Waals surface area contributed by atoms with E-state index in [0.717, 1.165) is 31.7 Å². The number of rotatable bonds is 4. The Balaban J connectivity index is 1.82. The molecule has 0 unspecified atom stereocenters. The van der Waals surface area contributed by atoms with Crippen molar-refractivity contribution in [2.24, 2.45) is 0 Å². The fourth-order valence-electron chi connectivity index (χ4n) is 4.07. The van der Waals surface area contributed by atoms with Gasteiger partial charge in [-0.1, -0.05) is 31.4 Å². The highest BCUT2D eigenvalue weighted by Crippen LogP contribution is 2.35. The monoisotopic (exact) mass is 351 g/mol. The summed E-state index contributed by atoms with van der Waals surface area (Å²) in [6, 6.07) is 7.44. The van der Waals surface area contributed by atoms with Crippen molar-refractivity contribution in [3.8, 4) is 0 Å². The molecule has 1 aliphatic carbocycles. The van der Waals surface area contributed by atoms with Gasteiger partial charge in [-0.2, -0.15) is 0 Å². The van der Waals surface area contributed by atoms with Gasteiger partial charge in [-0.3, -0.25) is 4.90 Å². The van der Waals surface area contributed by atoms with Gasteiger partial charge in [0.1, 0.15) is 0 Å². The summed E-state index contributed by atoms with van der Waals surface area (Å²) >= 11 is 0. The van der Waals surface area contributed by atoms with Crippen LogP contribution in [-0.2, 0) is 16.6 Å². The molecule has 1 aromatic rings. The van der Waals surface area contributed by atoms with E-state index in [0.29, 0.717) is 4.90 Å². The fraction of sp³-hybridized carbons (Fsp3) is 0.667. The molecule has 1 saturated heterocycles. The Kier molecular flexibility index (Phi) is 5.30. The highest BCUT2D eigenvalue weighted by Gasteiger charge is 2.39. The smallest absolute Gasteiger partial charge is 0.242 e. The summed E-state index contributed by atoms with van der Waals surface area (Å²) in [5, 5.41) is 3.57. The lowest BCUT2D eigenvalue weighted by molar-refractivity contribution is 0.0208. The standard InChI is InChI=1S/C18H29N3O2S/c1-20(2)24(22,23)17-8-6-7-16(13-17)14-21-12-11-19-15-18(21)9-4-3-5-10-18/h6-8,13,19H,3-5,9-12,14-15H2,1-2H3. The molecule has 5 nitrogen and oxygen atoms in total. The van der Waals surface area contributed by atoms with Gasteiger partial charge in [0.25, 0.3) is 0 Å². The van der Waals surface area contributed by atoms with E-state index in [4.69, 9.17) is 0 Å². The van der Waals surface area contributed by atoms with Crippen LogP contribution in [0.4, 0.5) is 0 Å². The Morgan fingerprint density at radius 2 is 1.96 bits per heavy atom. The first-order valence-corrected chi connectivity index (χ1v) is 10.4. The van der Waals surface area contributed by atoms with Gasteiger partial charge in [-0.15, -0.1) is 0 Å². The van der Waals surface area contributed by atoms with Crippen LogP contribution in [0.25, 0.3) is 0 Å². The van der Waals surface area contributed by atoms with E-state index in [1.807, 2.05) is 18.2 Å². The predicted octanol–water partition coefficient (Wildman–Crippen LogP) is 2.04. The molecule has 1 aromatic carbocycles. The van der Waals surface area contributed by atoms with E-state index in [2.05, 4.69) is 10.2 Å². The Morgan fingerprint density at radius 1 is 1.21 bits per heavy atom. The van der Waals surface area contributed by atoms with Crippen molar-refractivity contribution in [2.75, 3.05) is 33.7 Å². The molecule has 1 heterocycles. The average Bonchev–Trinajstić information content (AvgIpc) is 2.58. The first-order valence-electron chi connectivity index (χ1n) is 8.91. The van der Waals surface area contributed by atoms with Gasteiger partial charge in [-0.25, -0.2) is 12.7 Å². The van der Waals surface area contributed by atoms with Crippen LogP contribution in [0, 0.1) is 0 Å². The highest BCUT2D eigenvalue weighted by atomic mass is 32.2. The highest BCUT2D eigenvalue weighted by molar-refractivity contribution is 7.89. The molecule has 0 amide bonds. The zero-order chi connectivity index (χ0) is 17.2. The molecule has 1 N–H and O–H groups in total. The van der Waals surface area contributed by atoms with E-state index < -0.39 is 10.0 Å². The minimum absolute atomic E-state index is 0.257. The summed E-state index contributed by atoms with van der Waals surface area (Å²) in [7, 11) is -0.214. The second kappa shape index (κ2) is 7.12. The van der Waals surface area contributed by atoms with E-state index in [1.54, 1.807) is 20.2 Å². The number of nitrogens with zero attached hydrogens (tertiary/aromatic N) is 2. The van der Waals surface area contributed by atoms with E-state index >= 15 is 0 Å². The minimum atomic E-state index is -3.37. The Labute approximate surface area is 146 Å². The summed E-state index contributed by atoms with van der Waals surface area (Å²) in [4.78, 5) is 2.97. The SMILES string of the molecule is CN(C)S(=O)(=O)c1cccc(CN2CCNCC23CCCCC3)c1. The number of hydrogen-bond donors (Lipinski definition) is 1. The molecule has 1 aliphatic heterocycles. The molecule has 134 valence electrons. The molecule has 0 aromatic heterocycles. The van der Waals surface area contributed by atoms with Crippen LogP contribution in [0.1, 0.15) is 37.7 Å². The van der Waals surface area contributed by atoms with Crippen molar-refractivity contribution in [2.45, 2.75) is 49.1 Å². The molecule has 0 radical (unpaired) electrons. The lowest BCUT2D eigenvalue weighted by atomic mass is 9.79. The topological polar surface area (TPSA) is 52.7 Å². The molecule has 24 heavy (non-hydrogen) atoms. The van der Waals surface area contributed by atoms with Crippen LogP contribution in [0.3, 0.4) is 0 Å². The Morgan fingerprint density at radius 3 is 2.67 bits per heavy atom. The normalized spacial score (nSPS) is 22.1. The largest absolute Gasteiger partial charge is 0.314 e. The van der Waals surface area contributed by atoms with Crippen LogP contribution >= 0.6 is 0 Å². The van der Waals surface area contributed by atoms with Crippen LogP contribution in [0.5, 0.6) is 0 Å². The number of piperazine rings is 1. The van der Waals surface area contributed by atoms with Crippen molar-refractivity contribution in [1.82, 2.24) is 14.5 Å². The van der Waals surface area contributed by atoms with Gasteiger partial charge in [0.2, 0.25) is 10.0 Å². The second-order valence-electron chi connectivity index (χ2n) is 7.32. The van der Waals surface area contributed by atoms with Crippen molar-refractivity contribution in [3.05, 3.63) is 29.8 Å². The summed E-state index contributed by atoms with van der Waals surface area (Å²) in [5.74, 6) is 0. The quantitative estimate of drug-likeness (QED) is 0.902. The van der Waals surface area contributed by atoms with Crippen LogP contribution in [0.15, 0.2) is 29.2 Å². The second-order valence-corrected chi connectivity index (χ2v) is 9.47. The number of sulfonamides is 1. The maximum Gasteiger partial charge on any atom is 0.242 e. The van der Waals surface area contributed by atoms with E-state index in [1.165, 1.54) is 36.4 Å². The lowest BCUT2D eigenvalue weighted by Crippen LogP contribution is -2.61. The Hall–Kier alpha value is -0.950. The number of benzene rings is 1. The van der Waals surface area contributed by atoms with E-state index in [9.17, 15) is 8.42 Å². The molecule has 1 saturated carbocycles. The average molecular weight is 352 g/mol. The summed E-state index contributed by atoms with van der Waals surface area (Å²) < 4.78 is 26.0. The Bertz CT molecular complexity index is 658. The van der Waals surface area contributed by atoms with Gasteiger partial charge in [-0.05, 0) is 30.5 Å². The fourth-order valence-corrected chi connectivity index (χ4v) is 5.04. The molecular weight excluding hydrogens is 322 g/mol. The third-order valence-electron chi connectivity index (χ3n) is 5.52. The van der Waals surface area contributed by atoms with Gasteiger partial charge >= 0.3 is 0 Å². The zero-order valence-corrected chi connectivity index (χ0v) is 15.6. The predicted molar refractivity (Wildman–Crippen MR) is 96.4 cm³/mol. The molecule has 1 spiro atoms. The third-order valence-corrected chi connectivity index (χ3v) is 7.33. The van der Waals surface area contributed by atoms with Crippen molar-refractivity contribution < 1.29 is 8.42 Å². The van der Waals surface area contributed by atoms with E-state index in [-0.39, 0.29) is 5.54 Å². The van der Waals surface area contributed by atoms with Crippen LogP contribution in [0.2, 0.25) is 0 Å². The van der Waals surface area contributed by atoms with Crippen LogP contribution < -0.4 is 5.32 Å². The summed E-state index contributed by atoms with van der Waals surface area (Å²) in [6.45, 7) is 3.93. The first-order chi connectivity index (χ1) is 11.4. The molecule has 0 bridgehead atoms. The first kappa shape index (κ1) is 17.9. The number of nitrogens with one attached hydrogen (secondary N) is 1. The molecule has 0 atom stereocenters. The maximum absolute atomic E-state index is 12.4. The third kappa shape index (κ3) is 3.52. The molecule has 2 fully saturated rings. The van der Waals surface area contributed by atoms with Gasteiger partial charge in [0, 0.05) is 45.8 Å². The minimum Gasteiger partial charge on any atom is -0.314 e. The summed E-state index contributed by atoms with van der Waals surface area (Å²) in [6.07, 6.45) is 6.43. The van der Waals surface area contributed by atoms with Gasteiger partial charge in [0.15, 0.2) is 0 Å². The number of hydrogen-bond acceptors (Lipinski definition) is 4. The maximum atomic E-state index is 12.4. The molecule has 2 aliphatic rings. The van der Waals surface area contributed by atoms with Crippen molar-refractivity contribution >= 4 is 10.0 Å². The van der Waals surface area contributed by atoms with Gasteiger partial charge < -0.3 is 5.32 Å². The molecular formula is C18H29N3O2S. The van der Waals surface area contributed by atoms with Crippen LogP contribution in [-0.4, -0.2) is 56.9 Å². The zero-order valence-electron chi connectivity index (χ0n) is 14.8. The van der Waals surface area contributed by atoms with Crippen molar-refractivity contribution in [3.63, 3.8) is 0 Å². The van der Waals surface area contributed by atoms with Gasteiger partial charge in [0.05, 0.1) is 4.90 Å². The lowest BCUT2D eigenvalue weighted by Gasteiger charge is -2.50. The summed E-state index contributed by atoms with van der Waals surface area (Å²) in [5.41, 5.74) is 1.34. The molecule has 6 heteroatoms. The van der Waals surface area contributed by atoms with Crippen molar-refractivity contribution in [1.29, 1.82) is 0 Å². The molecule has 3 rings (SSSR count).